The predicted octanol–water partition coefficient (Wildman–Crippen LogP) is 4.01. The number of nitrogens with one attached hydrogen (secondary N) is 1. The minimum atomic E-state index is 0.587. The molecule has 0 atom stereocenters. The summed E-state index contributed by atoms with van der Waals surface area (Å²) in [6.07, 6.45) is 0. The maximum atomic E-state index is 5.43. The second-order valence-corrected chi connectivity index (χ2v) is 5.11. The fourth-order valence-electron chi connectivity index (χ4n) is 2.55. The monoisotopic (exact) mass is 265 g/mol. The second-order valence-electron chi connectivity index (χ2n) is 4.74. The van der Waals surface area contributed by atoms with Crippen molar-refractivity contribution < 1.29 is 0 Å². The van der Waals surface area contributed by atoms with Gasteiger partial charge in [-0.1, -0.05) is 23.8 Å². The quantitative estimate of drug-likeness (QED) is 0.487. The van der Waals surface area contributed by atoms with E-state index in [1.165, 1.54) is 5.56 Å². The van der Waals surface area contributed by atoms with E-state index < -0.39 is 0 Å². The van der Waals surface area contributed by atoms with Crippen LogP contribution >= 0.6 is 12.2 Å². The van der Waals surface area contributed by atoms with E-state index in [0.717, 1.165) is 27.6 Å². The molecular weight excluding hydrogens is 254 g/mol. The molecule has 4 heteroatoms. The van der Waals surface area contributed by atoms with E-state index in [2.05, 4.69) is 41.2 Å². The van der Waals surface area contributed by atoms with Crippen LogP contribution in [0.3, 0.4) is 0 Å². The van der Waals surface area contributed by atoms with Crippen LogP contribution in [0, 0.1) is 11.7 Å². The van der Waals surface area contributed by atoms with Crippen molar-refractivity contribution in [3.8, 4) is 0 Å². The van der Waals surface area contributed by atoms with Gasteiger partial charge in [0.1, 0.15) is 5.65 Å². The Labute approximate surface area is 114 Å². The Morgan fingerprint density at radius 2 is 2.00 bits per heavy atom. The molecule has 0 aliphatic heterocycles. The first-order chi connectivity index (χ1) is 9.24. The van der Waals surface area contributed by atoms with Crippen molar-refractivity contribution in [3.05, 3.63) is 52.8 Å². The van der Waals surface area contributed by atoms with Crippen molar-refractivity contribution in [1.29, 1.82) is 0 Å². The van der Waals surface area contributed by atoms with E-state index in [1.54, 1.807) is 0 Å². The normalized spacial score (nSPS) is 11.6. The summed E-state index contributed by atoms with van der Waals surface area (Å²) in [7, 11) is 0. The lowest BCUT2D eigenvalue weighted by atomic mass is 10.2. The van der Waals surface area contributed by atoms with Crippen LogP contribution in [0.4, 0.5) is 0 Å². The highest BCUT2D eigenvalue weighted by Gasteiger charge is 2.08. The van der Waals surface area contributed by atoms with Gasteiger partial charge in [0.2, 0.25) is 4.77 Å². The average molecular weight is 265 g/mol. The highest BCUT2D eigenvalue weighted by molar-refractivity contribution is 7.71. The Morgan fingerprint density at radius 3 is 2.89 bits per heavy atom. The third kappa shape index (κ3) is 1.43. The standard InChI is InChI=1S/C15H11N3S/c1-9-6-7-11-10(8-9)14-16-12-4-2-3-5-13(12)18(14)15(19)17-11/h2-8,16H,1H3. The van der Waals surface area contributed by atoms with E-state index in [4.69, 9.17) is 12.2 Å². The van der Waals surface area contributed by atoms with Crippen molar-refractivity contribution in [3.63, 3.8) is 0 Å². The van der Waals surface area contributed by atoms with Crippen LogP contribution in [-0.2, 0) is 0 Å². The SMILES string of the molecule is Cc1ccc2nc(=S)n3c4ccccc4[nH]c3c2c1. The zero-order valence-electron chi connectivity index (χ0n) is 10.3. The molecule has 0 bridgehead atoms. The number of rotatable bonds is 0. The van der Waals surface area contributed by atoms with Crippen molar-refractivity contribution >= 4 is 39.8 Å². The molecule has 0 amide bonds. The van der Waals surface area contributed by atoms with Crippen LogP contribution in [0.5, 0.6) is 0 Å². The molecule has 0 saturated heterocycles. The molecule has 1 N–H and O–H groups in total. The van der Waals surface area contributed by atoms with Gasteiger partial charge in [-0.25, -0.2) is 4.98 Å². The van der Waals surface area contributed by atoms with E-state index >= 15 is 0 Å². The zero-order valence-corrected chi connectivity index (χ0v) is 11.2. The molecule has 0 radical (unpaired) electrons. The van der Waals surface area contributed by atoms with Crippen molar-refractivity contribution in [1.82, 2.24) is 14.4 Å². The molecule has 0 unspecified atom stereocenters. The Bertz CT molecular complexity index is 995. The second kappa shape index (κ2) is 3.65. The molecule has 0 fully saturated rings. The lowest BCUT2D eigenvalue weighted by Crippen LogP contribution is -1.93. The topological polar surface area (TPSA) is 33.1 Å². The lowest BCUT2D eigenvalue weighted by molar-refractivity contribution is 1.12. The first kappa shape index (κ1) is 10.7. The van der Waals surface area contributed by atoms with Gasteiger partial charge < -0.3 is 4.98 Å². The number of hydrogen-bond acceptors (Lipinski definition) is 2. The van der Waals surface area contributed by atoms with Crippen LogP contribution in [0.25, 0.3) is 27.6 Å². The molecule has 2 heterocycles. The van der Waals surface area contributed by atoms with Crippen molar-refractivity contribution in [2.24, 2.45) is 0 Å². The number of fused-ring (bicyclic) bond motifs is 5. The minimum absolute atomic E-state index is 0.587. The lowest BCUT2D eigenvalue weighted by Gasteiger charge is -2.02. The first-order valence-electron chi connectivity index (χ1n) is 6.14. The number of aromatic nitrogens is 3. The molecule has 2 aromatic carbocycles. The number of imidazole rings is 1. The molecule has 4 rings (SSSR count). The van der Waals surface area contributed by atoms with E-state index in [-0.39, 0.29) is 0 Å². The average Bonchev–Trinajstić information content (AvgIpc) is 2.80. The van der Waals surface area contributed by atoms with Gasteiger partial charge >= 0.3 is 0 Å². The summed E-state index contributed by atoms with van der Waals surface area (Å²) in [5.41, 5.74) is 5.30. The zero-order chi connectivity index (χ0) is 13.0. The highest BCUT2D eigenvalue weighted by Crippen LogP contribution is 2.23. The van der Waals surface area contributed by atoms with Crippen molar-refractivity contribution in [2.75, 3.05) is 0 Å². The Morgan fingerprint density at radius 1 is 1.16 bits per heavy atom. The molecule has 3 nitrogen and oxygen atoms in total. The molecular formula is C15H11N3S. The number of aryl methyl sites for hydroxylation is 1. The van der Waals surface area contributed by atoms with E-state index in [9.17, 15) is 0 Å². The summed E-state index contributed by atoms with van der Waals surface area (Å²) in [5.74, 6) is 0. The Kier molecular flexibility index (Phi) is 2.05. The fraction of sp³-hybridized carbons (Fsp3) is 0.0667. The van der Waals surface area contributed by atoms with Gasteiger partial charge in [-0.15, -0.1) is 0 Å². The van der Waals surface area contributed by atoms with Gasteiger partial charge in [-0.3, -0.25) is 4.40 Å². The van der Waals surface area contributed by atoms with Crippen LogP contribution in [0.1, 0.15) is 5.56 Å². The van der Waals surface area contributed by atoms with Crippen LogP contribution in [-0.4, -0.2) is 14.4 Å². The molecule has 4 aromatic rings. The smallest absolute Gasteiger partial charge is 0.206 e. The van der Waals surface area contributed by atoms with Gasteiger partial charge in [-0.05, 0) is 43.4 Å². The molecule has 2 aromatic heterocycles. The van der Waals surface area contributed by atoms with Gasteiger partial charge in [0.05, 0.1) is 16.6 Å². The van der Waals surface area contributed by atoms with E-state index in [1.807, 2.05) is 22.6 Å². The highest BCUT2D eigenvalue weighted by atomic mass is 32.1. The third-order valence-electron chi connectivity index (χ3n) is 3.44. The van der Waals surface area contributed by atoms with Crippen molar-refractivity contribution in [2.45, 2.75) is 6.92 Å². The largest absolute Gasteiger partial charge is 0.339 e. The van der Waals surface area contributed by atoms with Gasteiger partial charge in [0.15, 0.2) is 0 Å². The number of para-hydroxylation sites is 2. The van der Waals surface area contributed by atoms with Crippen LogP contribution in [0.2, 0.25) is 0 Å². The summed E-state index contributed by atoms with van der Waals surface area (Å²) in [6.45, 7) is 2.08. The molecule has 0 spiro atoms. The molecule has 19 heavy (non-hydrogen) atoms. The fourth-order valence-corrected chi connectivity index (χ4v) is 2.84. The predicted molar refractivity (Wildman–Crippen MR) is 80.1 cm³/mol. The minimum Gasteiger partial charge on any atom is -0.339 e. The Balaban J connectivity index is 2.39. The number of nitrogens with zero attached hydrogens (tertiary/aromatic N) is 2. The van der Waals surface area contributed by atoms with Crippen LogP contribution in [0.15, 0.2) is 42.5 Å². The summed E-state index contributed by atoms with van der Waals surface area (Å²) in [6, 6.07) is 14.4. The van der Waals surface area contributed by atoms with Crippen LogP contribution < -0.4 is 0 Å². The van der Waals surface area contributed by atoms with E-state index in [0.29, 0.717) is 4.77 Å². The number of hydrogen-bond donors (Lipinski definition) is 1. The van der Waals surface area contributed by atoms with Gasteiger partial charge in [0, 0.05) is 5.39 Å². The number of benzene rings is 2. The number of aromatic amines is 1. The summed E-state index contributed by atoms with van der Waals surface area (Å²) in [4.78, 5) is 7.97. The molecule has 0 aliphatic carbocycles. The summed E-state index contributed by atoms with van der Waals surface area (Å²) >= 11 is 5.43. The van der Waals surface area contributed by atoms with Gasteiger partial charge in [0.25, 0.3) is 0 Å². The summed E-state index contributed by atoms with van der Waals surface area (Å²) in [5, 5.41) is 1.10. The van der Waals surface area contributed by atoms with Gasteiger partial charge in [-0.2, -0.15) is 0 Å². The molecule has 0 aliphatic rings. The third-order valence-corrected chi connectivity index (χ3v) is 3.71. The molecule has 0 saturated carbocycles. The number of H-pyrrole nitrogens is 1. The summed E-state index contributed by atoms with van der Waals surface area (Å²) < 4.78 is 2.59. The maximum absolute atomic E-state index is 5.43. The molecule has 92 valence electrons. The Hall–Kier alpha value is -2.20. The maximum Gasteiger partial charge on any atom is 0.206 e. The first-order valence-corrected chi connectivity index (χ1v) is 6.55.